The van der Waals surface area contributed by atoms with Crippen molar-refractivity contribution in [1.29, 1.82) is 0 Å². The van der Waals surface area contributed by atoms with Crippen LogP contribution in [0.5, 0.6) is 0 Å². The van der Waals surface area contributed by atoms with E-state index in [0.717, 1.165) is 19.3 Å². The van der Waals surface area contributed by atoms with Gasteiger partial charge >= 0.3 is 0 Å². The Morgan fingerprint density at radius 1 is 1.45 bits per heavy atom. The number of hydrogen-bond donors (Lipinski definition) is 0. The highest BCUT2D eigenvalue weighted by atomic mass is 35.5. The molecule has 1 aliphatic rings. The predicted molar refractivity (Wildman–Crippen MR) is 77.9 cm³/mol. The van der Waals surface area contributed by atoms with Gasteiger partial charge in [-0.05, 0) is 43.9 Å². The van der Waals surface area contributed by atoms with Gasteiger partial charge in [0.2, 0.25) is 10.0 Å². The van der Waals surface area contributed by atoms with Crippen LogP contribution in [0.1, 0.15) is 37.3 Å². The first kappa shape index (κ1) is 15.7. The van der Waals surface area contributed by atoms with Crippen LogP contribution in [0.3, 0.4) is 0 Å². The third kappa shape index (κ3) is 2.71. The van der Waals surface area contributed by atoms with Crippen molar-refractivity contribution in [2.45, 2.75) is 49.9 Å². The van der Waals surface area contributed by atoms with E-state index >= 15 is 0 Å². The third-order valence-electron chi connectivity index (χ3n) is 3.89. The van der Waals surface area contributed by atoms with Gasteiger partial charge in [-0.15, -0.1) is 11.6 Å². The van der Waals surface area contributed by atoms with E-state index in [0.29, 0.717) is 12.1 Å². The van der Waals surface area contributed by atoms with E-state index in [2.05, 4.69) is 0 Å². The van der Waals surface area contributed by atoms with Crippen LogP contribution < -0.4 is 0 Å². The molecule has 1 atom stereocenters. The lowest BCUT2D eigenvalue weighted by Gasteiger charge is -2.24. The van der Waals surface area contributed by atoms with Crippen LogP contribution in [-0.4, -0.2) is 25.3 Å². The molecule has 2 rings (SSSR count). The molecule has 1 heterocycles. The summed E-state index contributed by atoms with van der Waals surface area (Å²) in [4.78, 5) is 0.0495. The quantitative estimate of drug-likeness (QED) is 0.797. The zero-order valence-electron chi connectivity index (χ0n) is 11.7. The summed E-state index contributed by atoms with van der Waals surface area (Å²) >= 11 is 5.71. The normalized spacial score (nSPS) is 20.5. The van der Waals surface area contributed by atoms with E-state index in [1.54, 1.807) is 0 Å². The Hall–Kier alpha value is -0.650. The number of sulfonamides is 1. The van der Waals surface area contributed by atoms with E-state index in [4.69, 9.17) is 11.6 Å². The maximum Gasteiger partial charge on any atom is 0.243 e. The summed E-state index contributed by atoms with van der Waals surface area (Å²) in [5, 5.41) is 0. The van der Waals surface area contributed by atoms with Gasteiger partial charge in [0.15, 0.2) is 0 Å². The highest BCUT2D eigenvalue weighted by Crippen LogP contribution is 2.31. The minimum Gasteiger partial charge on any atom is -0.207 e. The highest BCUT2D eigenvalue weighted by Gasteiger charge is 2.35. The van der Waals surface area contributed by atoms with Crippen molar-refractivity contribution in [2.75, 3.05) is 6.54 Å². The average molecular weight is 320 g/mol. The molecule has 0 radical (unpaired) electrons. The molecular formula is C14H19ClFNO2S. The summed E-state index contributed by atoms with van der Waals surface area (Å²) in [6.45, 7) is 3.98. The number of nitrogens with zero attached hydrogens (tertiary/aromatic N) is 1. The summed E-state index contributed by atoms with van der Waals surface area (Å²) in [7, 11) is -3.65. The molecule has 0 saturated carbocycles. The van der Waals surface area contributed by atoms with Crippen LogP contribution in [-0.2, 0) is 15.9 Å². The van der Waals surface area contributed by atoms with E-state index < -0.39 is 15.8 Å². The lowest BCUT2D eigenvalue weighted by molar-refractivity contribution is 0.379. The average Bonchev–Trinajstić information content (AvgIpc) is 2.90. The largest absolute Gasteiger partial charge is 0.243 e. The van der Waals surface area contributed by atoms with E-state index in [1.165, 1.54) is 23.4 Å². The molecule has 0 spiro atoms. The molecule has 0 aliphatic carbocycles. The van der Waals surface area contributed by atoms with Gasteiger partial charge < -0.3 is 0 Å². The number of halogens is 2. The second kappa shape index (κ2) is 6.00. The van der Waals surface area contributed by atoms with Crippen molar-refractivity contribution in [2.24, 2.45) is 0 Å². The van der Waals surface area contributed by atoms with Crippen molar-refractivity contribution in [3.8, 4) is 0 Å². The molecule has 0 bridgehead atoms. The van der Waals surface area contributed by atoms with Gasteiger partial charge in [-0.1, -0.05) is 6.92 Å². The molecule has 1 aromatic carbocycles. The summed E-state index contributed by atoms with van der Waals surface area (Å²) in [5.74, 6) is -0.425. The Morgan fingerprint density at radius 3 is 2.75 bits per heavy atom. The Kier molecular flexibility index (Phi) is 4.72. The lowest BCUT2D eigenvalue weighted by Crippen LogP contribution is -2.35. The number of rotatable bonds is 4. The highest BCUT2D eigenvalue weighted by molar-refractivity contribution is 7.89. The van der Waals surface area contributed by atoms with Crippen LogP contribution >= 0.6 is 11.6 Å². The van der Waals surface area contributed by atoms with Crippen molar-refractivity contribution < 1.29 is 12.8 Å². The van der Waals surface area contributed by atoms with Crippen molar-refractivity contribution >= 4 is 21.6 Å². The second-order valence-electron chi connectivity index (χ2n) is 5.15. The molecule has 6 heteroatoms. The second-order valence-corrected chi connectivity index (χ2v) is 7.28. The number of alkyl halides is 1. The Morgan fingerprint density at radius 2 is 2.15 bits per heavy atom. The molecule has 1 fully saturated rings. The fourth-order valence-electron chi connectivity index (χ4n) is 2.71. The third-order valence-corrected chi connectivity index (χ3v) is 6.28. The van der Waals surface area contributed by atoms with Crippen LogP contribution in [0.2, 0.25) is 0 Å². The van der Waals surface area contributed by atoms with Gasteiger partial charge in [0.25, 0.3) is 0 Å². The first-order valence-corrected chi connectivity index (χ1v) is 8.76. The fraction of sp³-hybridized carbons (Fsp3) is 0.571. The van der Waals surface area contributed by atoms with E-state index in [9.17, 15) is 12.8 Å². The van der Waals surface area contributed by atoms with Gasteiger partial charge in [-0.2, -0.15) is 4.31 Å². The Labute approximate surface area is 124 Å². The molecule has 1 aliphatic heterocycles. The van der Waals surface area contributed by atoms with Gasteiger partial charge in [0.05, 0.1) is 4.90 Å². The minimum absolute atomic E-state index is 0.0159. The predicted octanol–water partition coefficient (Wildman–Crippen LogP) is 3.44. The summed E-state index contributed by atoms with van der Waals surface area (Å²) in [6, 6.07) is 2.80. The standard InChI is InChI=1S/C14H19ClFNO2S/c1-3-12-5-4-6-17(12)20(18,19)14-8-11(9-15)7-13(16)10(14)2/h7-8,12H,3-6,9H2,1-2H3. The molecule has 1 unspecified atom stereocenters. The van der Waals surface area contributed by atoms with Gasteiger partial charge in [-0.25, -0.2) is 12.8 Å². The summed E-state index contributed by atoms with van der Waals surface area (Å²) < 4.78 is 40.9. The molecule has 0 amide bonds. The molecule has 1 saturated heterocycles. The SMILES string of the molecule is CCC1CCCN1S(=O)(=O)c1cc(CCl)cc(F)c1C. The summed E-state index contributed by atoms with van der Waals surface area (Å²) in [6.07, 6.45) is 2.50. The Bertz CT molecular complexity index is 603. The maximum atomic E-state index is 13.9. The smallest absolute Gasteiger partial charge is 0.207 e. The van der Waals surface area contributed by atoms with E-state index in [-0.39, 0.29) is 22.4 Å². The van der Waals surface area contributed by atoms with Crippen molar-refractivity contribution in [3.63, 3.8) is 0 Å². The maximum absolute atomic E-state index is 13.9. The lowest BCUT2D eigenvalue weighted by atomic mass is 10.1. The molecule has 0 N–H and O–H groups in total. The molecule has 20 heavy (non-hydrogen) atoms. The van der Waals surface area contributed by atoms with Crippen LogP contribution in [0.25, 0.3) is 0 Å². The van der Waals surface area contributed by atoms with Crippen molar-refractivity contribution in [1.82, 2.24) is 4.31 Å². The molecule has 3 nitrogen and oxygen atoms in total. The fourth-order valence-corrected chi connectivity index (χ4v) is 4.92. The number of benzene rings is 1. The van der Waals surface area contributed by atoms with Crippen LogP contribution in [0.4, 0.5) is 4.39 Å². The van der Waals surface area contributed by atoms with E-state index in [1.807, 2.05) is 6.92 Å². The van der Waals surface area contributed by atoms with Crippen LogP contribution in [0, 0.1) is 12.7 Å². The Balaban J connectivity index is 2.51. The van der Waals surface area contributed by atoms with Gasteiger partial charge in [0.1, 0.15) is 5.82 Å². The molecular weight excluding hydrogens is 301 g/mol. The first-order valence-electron chi connectivity index (χ1n) is 6.78. The molecule has 0 aromatic heterocycles. The minimum atomic E-state index is -3.65. The molecule has 112 valence electrons. The summed E-state index contributed by atoms with van der Waals surface area (Å²) in [5.41, 5.74) is 0.654. The van der Waals surface area contributed by atoms with Crippen molar-refractivity contribution in [3.05, 3.63) is 29.1 Å². The zero-order chi connectivity index (χ0) is 14.9. The number of hydrogen-bond acceptors (Lipinski definition) is 2. The molecule has 1 aromatic rings. The van der Waals surface area contributed by atoms with Gasteiger partial charge in [0, 0.05) is 24.0 Å². The zero-order valence-corrected chi connectivity index (χ0v) is 13.3. The monoisotopic (exact) mass is 319 g/mol. The topological polar surface area (TPSA) is 37.4 Å². The van der Waals surface area contributed by atoms with Gasteiger partial charge in [-0.3, -0.25) is 0 Å². The van der Waals surface area contributed by atoms with Crippen LogP contribution in [0.15, 0.2) is 17.0 Å². The first-order chi connectivity index (χ1) is 9.41.